The third-order valence-corrected chi connectivity index (χ3v) is 3.46. The molecule has 8 heteroatoms. The SMILES string of the molecule is FC(F)(F)c1nc(=S)cc(-c2sccc2Cl)[nH]1. The van der Waals surface area contributed by atoms with Crippen molar-refractivity contribution in [1.29, 1.82) is 0 Å². The van der Waals surface area contributed by atoms with E-state index >= 15 is 0 Å². The summed E-state index contributed by atoms with van der Waals surface area (Å²) in [6.45, 7) is 0. The second kappa shape index (κ2) is 4.40. The van der Waals surface area contributed by atoms with Gasteiger partial charge >= 0.3 is 6.18 Å². The van der Waals surface area contributed by atoms with E-state index in [0.29, 0.717) is 9.90 Å². The molecule has 90 valence electrons. The van der Waals surface area contributed by atoms with Crippen LogP contribution in [-0.4, -0.2) is 9.97 Å². The molecule has 0 fully saturated rings. The van der Waals surface area contributed by atoms with E-state index in [4.69, 9.17) is 23.8 Å². The molecule has 0 bridgehead atoms. The number of aromatic nitrogens is 2. The lowest BCUT2D eigenvalue weighted by Crippen LogP contribution is -2.11. The number of H-pyrrole nitrogens is 1. The Labute approximate surface area is 108 Å². The van der Waals surface area contributed by atoms with Crippen LogP contribution in [0.1, 0.15) is 5.82 Å². The van der Waals surface area contributed by atoms with Crippen LogP contribution in [0.4, 0.5) is 13.2 Å². The molecule has 2 aromatic rings. The molecule has 0 aliphatic rings. The average Bonchev–Trinajstić information content (AvgIpc) is 2.62. The summed E-state index contributed by atoms with van der Waals surface area (Å²) in [6, 6.07) is 2.95. The first kappa shape index (κ1) is 12.5. The van der Waals surface area contributed by atoms with Gasteiger partial charge < -0.3 is 4.98 Å². The molecule has 2 nitrogen and oxygen atoms in total. The van der Waals surface area contributed by atoms with Crippen molar-refractivity contribution in [3.8, 4) is 10.6 Å². The minimum absolute atomic E-state index is 0.129. The molecule has 0 aliphatic carbocycles. The zero-order chi connectivity index (χ0) is 12.6. The van der Waals surface area contributed by atoms with Crippen molar-refractivity contribution >= 4 is 35.2 Å². The molecule has 0 spiro atoms. The van der Waals surface area contributed by atoms with Crippen molar-refractivity contribution in [2.24, 2.45) is 0 Å². The number of nitrogens with zero attached hydrogens (tertiary/aromatic N) is 1. The molecule has 2 aromatic heterocycles. The Morgan fingerprint density at radius 1 is 1.41 bits per heavy atom. The molecule has 17 heavy (non-hydrogen) atoms. The van der Waals surface area contributed by atoms with Crippen molar-refractivity contribution in [1.82, 2.24) is 9.97 Å². The number of hydrogen-bond acceptors (Lipinski definition) is 3. The van der Waals surface area contributed by atoms with E-state index in [-0.39, 0.29) is 10.3 Å². The first-order chi connectivity index (χ1) is 7.88. The number of nitrogens with one attached hydrogen (secondary N) is 1. The van der Waals surface area contributed by atoms with Crippen LogP contribution >= 0.6 is 35.2 Å². The quantitative estimate of drug-likeness (QED) is 0.783. The van der Waals surface area contributed by atoms with E-state index in [0.717, 1.165) is 0 Å². The lowest BCUT2D eigenvalue weighted by molar-refractivity contribution is -0.144. The normalized spacial score (nSPS) is 11.8. The third-order valence-electron chi connectivity index (χ3n) is 1.87. The highest BCUT2D eigenvalue weighted by molar-refractivity contribution is 7.71. The van der Waals surface area contributed by atoms with Crippen molar-refractivity contribution in [2.75, 3.05) is 0 Å². The standard InChI is InChI=1S/C9H4ClF3N2S2/c10-4-1-2-17-7(4)5-3-6(16)15-8(14-5)9(11,12)13/h1-3H,(H,14,15,16). The molecule has 0 saturated heterocycles. The van der Waals surface area contributed by atoms with Gasteiger partial charge in [0.05, 0.1) is 15.6 Å². The number of thiophene rings is 1. The number of hydrogen-bond donors (Lipinski definition) is 1. The monoisotopic (exact) mass is 296 g/mol. The van der Waals surface area contributed by atoms with E-state index in [2.05, 4.69) is 9.97 Å². The maximum atomic E-state index is 12.5. The van der Waals surface area contributed by atoms with Gasteiger partial charge in [0.2, 0.25) is 5.82 Å². The predicted octanol–water partition coefficient (Wildman–Crippen LogP) is 4.54. The maximum Gasteiger partial charge on any atom is 0.449 e. The molecular formula is C9H4ClF3N2S2. The van der Waals surface area contributed by atoms with Gasteiger partial charge in [0, 0.05) is 0 Å². The molecule has 0 amide bonds. The highest BCUT2D eigenvalue weighted by Gasteiger charge is 2.34. The molecule has 2 heterocycles. The zero-order valence-electron chi connectivity index (χ0n) is 8.01. The van der Waals surface area contributed by atoms with Crippen LogP contribution in [-0.2, 0) is 6.18 Å². The van der Waals surface area contributed by atoms with Crippen LogP contribution < -0.4 is 0 Å². The fourth-order valence-corrected chi connectivity index (χ4v) is 2.54. The largest absolute Gasteiger partial charge is 0.449 e. The smallest absolute Gasteiger partial charge is 0.335 e. The Balaban J connectivity index is 2.61. The molecule has 1 N–H and O–H groups in total. The summed E-state index contributed by atoms with van der Waals surface area (Å²) in [5, 5.41) is 2.06. The van der Waals surface area contributed by atoms with E-state index in [1.54, 1.807) is 11.4 Å². The van der Waals surface area contributed by atoms with Crippen LogP contribution in [0.5, 0.6) is 0 Å². The fraction of sp³-hybridized carbons (Fsp3) is 0.111. The van der Waals surface area contributed by atoms with Crippen LogP contribution in [0, 0.1) is 4.64 Å². The minimum atomic E-state index is -4.56. The van der Waals surface area contributed by atoms with Gasteiger partial charge in [0.1, 0.15) is 4.64 Å². The van der Waals surface area contributed by atoms with E-state index in [1.807, 2.05) is 0 Å². The van der Waals surface area contributed by atoms with Gasteiger partial charge in [-0.3, -0.25) is 0 Å². The summed E-state index contributed by atoms with van der Waals surface area (Å²) in [4.78, 5) is 5.94. The van der Waals surface area contributed by atoms with E-state index < -0.39 is 12.0 Å². The molecular weight excluding hydrogens is 293 g/mol. The van der Waals surface area contributed by atoms with Gasteiger partial charge in [-0.25, -0.2) is 4.98 Å². The average molecular weight is 297 g/mol. The van der Waals surface area contributed by atoms with Gasteiger partial charge in [-0.1, -0.05) is 23.8 Å². The maximum absolute atomic E-state index is 12.5. The van der Waals surface area contributed by atoms with Gasteiger partial charge in [-0.2, -0.15) is 13.2 Å². The molecule has 0 aromatic carbocycles. The molecule has 0 atom stereocenters. The summed E-state index contributed by atoms with van der Waals surface area (Å²) < 4.78 is 37.4. The van der Waals surface area contributed by atoms with Gasteiger partial charge in [0.15, 0.2) is 0 Å². The van der Waals surface area contributed by atoms with Gasteiger partial charge in [-0.15, -0.1) is 11.3 Å². The summed E-state index contributed by atoms with van der Waals surface area (Å²) in [7, 11) is 0. The Kier molecular flexibility index (Phi) is 3.24. The number of aromatic amines is 1. The Hall–Kier alpha value is -0.920. The Morgan fingerprint density at radius 3 is 2.65 bits per heavy atom. The Bertz CT molecular complexity index is 603. The highest BCUT2D eigenvalue weighted by Crippen LogP contribution is 2.34. The van der Waals surface area contributed by atoms with Crippen molar-refractivity contribution < 1.29 is 13.2 Å². The lowest BCUT2D eigenvalue weighted by atomic mass is 10.3. The molecule has 0 aliphatic heterocycles. The summed E-state index contributed by atoms with van der Waals surface area (Å²) in [5.41, 5.74) is 0.220. The second-order valence-corrected chi connectivity index (χ2v) is 4.82. The molecule has 0 radical (unpaired) electrons. The number of halogens is 4. The van der Waals surface area contributed by atoms with Crippen LogP contribution in [0.15, 0.2) is 17.5 Å². The predicted molar refractivity (Wildman–Crippen MR) is 62.7 cm³/mol. The van der Waals surface area contributed by atoms with E-state index in [9.17, 15) is 13.2 Å². The minimum Gasteiger partial charge on any atom is -0.335 e. The zero-order valence-corrected chi connectivity index (χ0v) is 10.4. The first-order valence-corrected chi connectivity index (χ1v) is 5.96. The van der Waals surface area contributed by atoms with Gasteiger partial charge in [-0.05, 0) is 17.5 Å². The van der Waals surface area contributed by atoms with Crippen molar-refractivity contribution in [3.63, 3.8) is 0 Å². The van der Waals surface area contributed by atoms with E-state index in [1.165, 1.54) is 17.4 Å². The van der Waals surface area contributed by atoms with Crippen LogP contribution in [0.25, 0.3) is 10.6 Å². The molecule has 2 rings (SSSR count). The fourth-order valence-electron chi connectivity index (χ4n) is 1.20. The third kappa shape index (κ3) is 2.67. The topological polar surface area (TPSA) is 28.7 Å². The second-order valence-electron chi connectivity index (χ2n) is 3.08. The van der Waals surface area contributed by atoms with Crippen molar-refractivity contribution in [2.45, 2.75) is 6.18 Å². The van der Waals surface area contributed by atoms with Crippen molar-refractivity contribution in [3.05, 3.63) is 33.0 Å². The summed E-state index contributed by atoms with van der Waals surface area (Å²) in [5.74, 6) is -1.12. The first-order valence-electron chi connectivity index (χ1n) is 4.30. The van der Waals surface area contributed by atoms with Crippen LogP contribution in [0.3, 0.4) is 0 Å². The molecule has 0 saturated carbocycles. The summed E-state index contributed by atoms with van der Waals surface area (Å²) >= 11 is 11.8. The molecule has 0 unspecified atom stereocenters. The number of rotatable bonds is 1. The summed E-state index contributed by atoms with van der Waals surface area (Å²) in [6.07, 6.45) is -4.56. The number of alkyl halides is 3. The lowest BCUT2D eigenvalue weighted by Gasteiger charge is -2.07. The van der Waals surface area contributed by atoms with Crippen LogP contribution in [0.2, 0.25) is 5.02 Å². The van der Waals surface area contributed by atoms with Gasteiger partial charge in [0.25, 0.3) is 0 Å². The highest BCUT2D eigenvalue weighted by atomic mass is 35.5. The Morgan fingerprint density at radius 2 is 2.12 bits per heavy atom.